The summed E-state index contributed by atoms with van der Waals surface area (Å²) in [7, 11) is 0. The first-order chi connectivity index (χ1) is 12.1. The molecule has 1 unspecified atom stereocenters. The van der Waals surface area contributed by atoms with Gasteiger partial charge >= 0.3 is 0 Å². The minimum Gasteiger partial charge on any atom is -0.354 e. The van der Waals surface area contributed by atoms with Crippen molar-refractivity contribution < 1.29 is 9.18 Å². The van der Waals surface area contributed by atoms with Crippen molar-refractivity contribution in [2.45, 2.75) is 56.4 Å². The van der Waals surface area contributed by atoms with Crippen molar-refractivity contribution in [1.82, 2.24) is 10.2 Å². The van der Waals surface area contributed by atoms with Crippen LogP contribution in [0.3, 0.4) is 0 Å². The molecule has 1 aromatic rings. The quantitative estimate of drug-likeness (QED) is 0.833. The molecule has 1 saturated carbocycles. The summed E-state index contributed by atoms with van der Waals surface area (Å²) in [6.07, 6.45) is 12.9. The third kappa shape index (κ3) is 4.04. The summed E-state index contributed by atoms with van der Waals surface area (Å²) in [5.74, 6) is 2.54. The van der Waals surface area contributed by atoms with E-state index in [1.807, 2.05) is 12.1 Å². The number of likely N-dealkylation sites (tertiary alicyclic amines) is 1. The molecule has 1 amide bonds. The molecule has 3 nitrogen and oxygen atoms in total. The smallest absolute Gasteiger partial charge is 0.237 e. The fourth-order valence-electron chi connectivity index (χ4n) is 4.39. The SMILES string of the molecule is C#CCN1CCCCC1C(=O)NCC1(c2ccc(F)cc2)CCCC1. The van der Waals surface area contributed by atoms with E-state index in [1.165, 1.54) is 12.1 Å². The van der Waals surface area contributed by atoms with Crippen LogP contribution < -0.4 is 5.32 Å². The molecule has 0 aromatic heterocycles. The van der Waals surface area contributed by atoms with Gasteiger partial charge in [-0.05, 0) is 49.9 Å². The van der Waals surface area contributed by atoms with Gasteiger partial charge in [-0.25, -0.2) is 4.39 Å². The van der Waals surface area contributed by atoms with E-state index < -0.39 is 0 Å². The number of piperidine rings is 1. The second-order valence-corrected chi connectivity index (χ2v) is 7.40. The number of amides is 1. The van der Waals surface area contributed by atoms with Crippen molar-refractivity contribution in [2.75, 3.05) is 19.6 Å². The maximum absolute atomic E-state index is 13.3. The summed E-state index contributed by atoms with van der Waals surface area (Å²) < 4.78 is 13.3. The van der Waals surface area contributed by atoms with Crippen LogP contribution in [-0.2, 0) is 10.2 Å². The first-order valence-corrected chi connectivity index (χ1v) is 9.36. The van der Waals surface area contributed by atoms with Gasteiger partial charge in [-0.15, -0.1) is 6.42 Å². The molecule has 0 bridgehead atoms. The lowest BCUT2D eigenvalue weighted by Crippen LogP contribution is -2.51. The van der Waals surface area contributed by atoms with Gasteiger partial charge in [0.25, 0.3) is 0 Å². The number of halogens is 1. The normalized spacial score (nSPS) is 23.1. The fraction of sp³-hybridized carbons (Fsp3) is 0.571. The lowest BCUT2D eigenvalue weighted by molar-refractivity contribution is -0.127. The van der Waals surface area contributed by atoms with Crippen molar-refractivity contribution in [2.24, 2.45) is 0 Å². The minimum absolute atomic E-state index is 0.0605. The van der Waals surface area contributed by atoms with Crippen molar-refractivity contribution in [3.05, 3.63) is 35.6 Å². The predicted molar refractivity (Wildman–Crippen MR) is 97.6 cm³/mol. The highest BCUT2D eigenvalue weighted by Crippen LogP contribution is 2.40. The largest absolute Gasteiger partial charge is 0.354 e. The second kappa shape index (κ2) is 8.01. The van der Waals surface area contributed by atoms with Gasteiger partial charge < -0.3 is 5.32 Å². The van der Waals surface area contributed by atoms with Crippen LogP contribution >= 0.6 is 0 Å². The lowest BCUT2D eigenvalue weighted by Gasteiger charge is -2.35. The Morgan fingerprint density at radius 3 is 2.64 bits per heavy atom. The molecule has 1 N–H and O–H groups in total. The van der Waals surface area contributed by atoms with Crippen LogP contribution in [0.1, 0.15) is 50.5 Å². The molecule has 1 saturated heterocycles. The van der Waals surface area contributed by atoms with Gasteiger partial charge in [0, 0.05) is 12.0 Å². The van der Waals surface area contributed by atoms with E-state index in [2.05, 4.69) is 16.1 Å². The first kappa shape index (κ1) is 17.9. The van der Waals surface area contributed by atoms with Crippen LogP contribution in [0.15, 0.2) is 24.3 Å². The molecule has 4 heteroatoms. The minimum atomic E-state index is -0.215. The number of hydrogen-bond donors (Lipinski definition) is 1. The molecule has 1 aliphatic carbocycles. The van der Waals surface area contributed by atoms with Gasteiger partial charge in [-0.1, -0.05) is 37.3 Å². The molecule has 134 valence electrons. The summed E-state index contributed by atoms with van der Waals surface area (Å²) in [5, 5.41) is 3.19. The molecule has 0 radical (unpaired) electrons. The number of benzene rings is 1. The van der Waals surface area contributed by atoms with Crippen LogP contribution in [0.5, 0.6) is 0 Å². The number of nitrogens with one attached hydrogen (secondary N) is 1. The Hall–Kier alpha value is -1.86. The average molecular weight is 342 g/mol. The van der Waals surface area contributed by atoms with Crippen LogP contribution in [-0.4, -0.2) is 36.5 Å². The Kier molecular flexibility index (Phi) is 5.75. The van der Waals surface area contributed by atoms with Gasteiger partial charge in [0.15, 0.2) is 0 Å². The average Bonchev–Trinajstić information content (AvgIpc) is 3.11. The van der Waals surface area contributed by atoms with E-state index in [0.29, 0.717) is 13.1 Å². The van der Waals surface area contributed by atoms with Crippen molar-refractivity contribution >= 4 is 5.91 Å². The monoisotopic (exact) mass is 342 g/mol. The Labute approximate surface area is 150 Å². The summed E-state index contributed by atoms with van der Waals surface area (Å²) in [6, 6.07) is 6.67. The molecule has 0 spiro atoms. The number of carbonyl (C=O) groups excluding carboxylic acids is 1. The van der Waals surface area contributed by atoms with Gasteiger partial charge in [-0.2, -0.15) is 0 Å². The Morgan fingerprint density at radius 2 is 1.96 bits per heavy atom. The molecule has 1 aliphatic heterocycles. The zero-order valence-electron chi connectivity index (χ0n) is 14.8. The van der Waals surface area contributed by atoms with Crippen LogP contribution in [0.4, 0.5) is 4.39 Å². The summed E-state index contributed by atoms with van der Waals surface area (Å²) >= 11 is 0. The number of carbonyl (C=O) groups is 1. The third-order valence-electron chi connectivity index (χ3n) is 5.83. The lowest BCUT2D eigenvalue weighted by atomic mass is 9.78. The zero-order valence-corrected chi connectivity index (χ0v) is 14.8. The zero-order chi connectivity index (χ0) is 17.7. The maximum atomic E-state index is 13.3. The molecule has 1 aromatic carbocycles. The molecular weight excluding hydrogens is 315 g/mol. The van der Waals surface area contributed by atoms with Gasteiger partial charge in [0.05, 0.1) is 12.6 Å². The molecule has 25 heavy (non-hydrogen) atoms. The number of rotatable bonds is 5. The predicted octanol–water partition coefficient (Wildman–Crippen LogP) is 3.24. The van der Waals surface area contributed by atoms with Crippen molar-refractivity contribution in [3.63, 3.8) is 0 Å². The van der Waals surface area contributed by atoms with E-state index in [4.69, 9.17) is 6.42 Å². The first-order valence-electron chi connectivity index (χ1n) is 9.36. The maximum Gasteiger partial charge on any atom is 0.237 e. The number of nitrogens with zero attached hydrogens (tertiary/aromatic N) is 1. The van der Waals surface area contributed by atoms with E-state index in [1.54, 1.807) is 0 Å². The number of terminal acetylenes is 1. The van der Waals surface area contributed by atoms with Crippen molar-refractivity contribution in [1.29, 1.82) is 0 Å². The number of hydrogen-bond acceptors (Lipinski definition) is 2. The standard InChI is InChI=1S/C21H27FN2O/c1-2-14-24-15-6-3-7-19(24)20(25)23-16-21(12-4-5-13-21)17-8-10-18(22)11-9-17/h1,8-11,19H,3-7,12-16H2,(H,23,25). The van der Waals surface area contributed by atoms with E-state index in [9.17, 15) is 9.18 Å². The Bertz CT molecular complexity index is 628. The topological polar surface area (TPSA) is 32.3 Å². The van der Waals surface area contributed by atoms with Crippen molar-refractivity contribution in [3.8, 4) is 12.3 Å². The molecule has 1 heterocycles. The molecule has 3 rings (SSSR count). The summed E-state index contributed by atoms with van der Waals surface area (Å²) in [4.78, 5) is 14.9. The summed E-state index contributed by atoms with van der Waals surface area (Å²) in [6.45, 7) is 2.05. The van der Waals surface area contributed by atoms with E-state index in [-0.39, 0.29) is 23.2 Å². The Morgan fingerprint density at radius 1 is 1.24 bits per heavy atom. The highest BCUT2D eigenvalue weighted by atomic mass is 19.1. The van der Waals surface area contributed by atoms with Crippen LogP contribution in [0.2, 0.25) is 0 Å². The molecule has 2 fully saturated rings. The van der Waals surface area contributed by atoms with E-state index >= 15 is 0 Å². The fourth-order valence-corrected chi connectivity index (χ4v) is 4.39. The molecular formula is C21H27FN2O. The van der Waals surface area contributed by atoms with Crippen LogP contribution in [0, 0.1) is 18.2 Å². The third-order valence-corrected chi connectivity index (χ3v) is 5.83. The highest BCUT2D eigenvalue weighted by molar-refractivity contribution is 5.82. The van der Waals surface area contributed by atoms with Gasteiger partial charge in [-0.3, -0.25) is 9.69 Å². The molecule has 2 aliphatic rings. The van der Waals surface area contributed by atoms with E-state index in [0.717, 1.165) is 57.1 Å². The second-order valence-electron chi connectivity index (χ2n) is 7.40. The summed E-state index contributed by atoms with van der Waals surface area (Å²) in [5.41, 5.74) is 1.07. The van der Waals surface area contributed by atoms with Gasteiger partial charge in [0.2, 0.25) is 5.91 Å². The van der Waals surface area contributed by atoms with Crippen LogP contribution in [0.25, 0.3) is 0 Å². The highest BCUT2D eigenvalue weighted by Gasteiger charge is 2.37. The Balaban J connectivity index is 1.68. The molecule has 1 atom stereocenters. The van der Waals surface area contributed by atoms with Gasteiger partial charge in [0.1, 0.15) is 5.82 Å².